The number of likely N-dealkylation sites (tertiary alicyclic amines) is 1. The molecule has 6 nitrogen and oxygen atoms in total. The number of carbonyl (C=O) groups is 1. The second-order valence-corrected chi connectivity index (χ2v) is 10.6. The van der Waals surface area contributed by atoms with E-state index in [9.17, 15) is 13.2 Å². The Labute approximate surface area is 201 Å². The van der Waals surface area contributed by atoms with Crippen LogP contribution in [-0.4, -0.2) is 39.4 Å². The van der Waals surface area contributed by atoms with E-state index >= 15 is 0 Å². The fourth-order valence-corrected chi connectivity index (χ4v) is 5.81. The quantitative estimate of drug-likeness (QED) is 0.481. The van der Waals surface area contributed by atoms with Crippen LogP contribution in [0, 0.1) is 5.92 Å². The van der Waals surface area contributed by atoms with Gasteiger partial charge in [0, 0.05) is 13.1 Å². The number of anilines is 1. The van der Waals surface area contributed by atoms with Crippen molar-refractivity contribution < 1.29 is 17.9 Å². The molecule has 0 saturated carbocycles. The molecule has 1 aliphatic heterocycles. The minimum Gasteiger partial charge on any atom is -0.497 e. The van der Waals surface area contributed by atoms with Gasteiger partial charge in [-0.3, -0.25) is 9.10 Å². The smallest absolute Gasteiger partial charge is 0.264 e. The molecule has 3 aromatic carbocycles. The van der Waals surface area contributed by atoms with Gasteiger partial charge in [-0.05, 0) is 60.7 Å². The van der Waals surface area contributed by atoms with Crippen molar-refractivity contribution in [1.29, 1.82) is 0 Å². The van der Waals surface area contributed by atoms with E-state index in [-0.39, 0.29) is 17.3 Å². The molecule has 3 aromatic rings. The van der Waals surface area contributed by atoms with Crippen molar-refractivity contribution in [1.82, 2.24) is 4.90 Å². The van der Waals surface area contributed by atoms with Crippen LogP contribution in [0.4, 0.5) is 5.69 Å². The molecule has 1 saturated heterocycles. The first-order valence-corrected chi connectivity index (χ1v) is 12.9. The van der Waals surface area contributed by atoms with Crippen LogP contribution in [0.15, 0.2) is 83.8 Å². The first-order chi connectivity index (χ1) is 16.4. The van der Waals surface area contributed by atoms with Gasteiger partial charge < -0.3 is 9.64 Å². The van der Waals surface area contributed by atoms with Crippen molar-refractivity contribution in [2.75, 3.05) is 24.5 Å². The summed E-state index contributed by atoms with van der Waals surface area (Å²) in [5.41, 5.74) is 1.60. The summed E-state index contributed by atoms with van der Waals surface area (Å²) in [6.45, 7) is 3.61. The zero-order valence-electron chi connectivity index (χ0n) is 19.6. The first kappa shape index (κ1) is 23.8. The van der Waals surface area contributed by atoms with Crippen LogP contribution in [0.5, 0.6) is 5.75 Å². The van der Waals surface area contributed by atoms with Gasteiger partial charge in [0.25, 0.3) is 15.9 Å². The number of para-hydroxylation sites is 1. The number of ether oxygens (including phenoxy) is 1. The lowest BCUT2D eigenvalue weighted by atomic mass is 9.99. The zero-order valence-corrected chi connectivity index (χ0v) is 20.4. The molecular formula is C27H30N2O4S. The summed E-state index contributed by atoms with van der Waals surface area (Å²) in [5.74, 6) is 0.863. The standard InChI is InChI=1S/C27H30N2O4S/c1-21-9-8-18-28(19-21)27(30)25-12-6-7-13-26(25)29(20-22-10-4-3-5-11-22)34(31,32)24-16-14-23(33-2)15-17-24/h3-7,10-17,21H,8-9,18-20H2,1-2H3. The number of hydrogen-bond acceptors (Lipinski definition) is 4. The highest BCUT2D eigenvalue weighted by atomic mass is 32.2. The van der Waals surface area contributed by atoms with E-state index in [0.29, 0.717) is 36.0 Å². The molecule has 0 aliphatic carbocycles. The summed E-state index contributed by atoms with van der Waals surface area (Å²) in [7, 11) is -2.43. The highest BCUT2D eigenvalue weighted by Gasteiger charge is 2.31. The number of hydrogen-bond donors (Lipinski definition) is 0. The minimum atomic E-state index is -3.97. The summed E-state index contributed by atoms with van der Waals surface area (Å²) in [6.07, 6.45) is 2.05. The van der Waals surface area contributed by atoms with E-state index in [1.54, 1.807) is 36.4 Å². The van der Waals surface area contributed by atoms with Crippen LogP contribution < -0.4 is 9.04 Å². The van der Waals surface area contributed by atoms with E-state index in [1.165, 1.54) is 23.5 Å². The molecule has 1 atom stereocenters. The fraction of sp³-hybridized carbons (Fsp3) is 0.296. The Kier molecular flexibility index (Phi) is 7.22. The highest BCUT2D eigenvalue weighted by molar-refractivity contribution is 7.92. The number of amides is 1. The van der Waals surface area contributed by atoms with Crippen molar-refractivity contribution in [3.8, 4) is 5.75 Å². The van der Waals surface area contributed by atoms with Crippen LogP contribution in [-0.2, 0) is 16.6 Å². The number of rotatable bonds is 7. The Balaban J connectivity index is 1.79. The molecule has 0 bridgehead atoms. The molecule has 1 aliphatic rings. The lowest BCUT2D eigenvalue weighted by molar-refractivity contribution is 0.0684. The molecule has 1 amide bonds. The summed E-state index contributed by atoms with van der Waals surface area (Å²) in [6, 6.07) is 22.7. The van der Waals surface area contributed by atoms with E-state index in [2.05, 4.69) is 6.92 Å². The van der Waals surface area contributed by atoms with Gasteiger partial charge in [0.1, 0.15) is 5.75 Å². The topological polar surface area (TPSA) is 66.9 Å². The maximum Gasteiger partial charge on any atom is 0.264 e. The van der Waals surface area contributed by atoms with E-state index in [0.717, 1.165) is 18.4 Å². The van der Waals surface area contributed by atoms with Gasteiger partial charge in [-0.1, -0.05) is 49.4 Å². The molecule has 34 heavy (non-hydrogen) atoms. The number of carbonyl (C=O) groups excluding carboxylic acids is 1. The van der Waals surface area contributed by atoms with Gasteiger partial charge >= 0.3 is 0 Å². The van der Waals surface area contributed by atoms with Gasteiger partial charge in [-0.2, -0.15) is 0 Å². The SMILES string of the molecule is COc1ccc(S(=O)(=O)N(Cc2ccccc2)c2ccccc2C(=O)N2CCCC(C)C2)cc1. The number of sulfonamides is 1. The second kappa shape index (κ2) is 10.3. The Bertz CT molecular complexity index is 1230. The summed E-state index contributed by atoms with van der Waals surface area (Å²) in [4.78, 5) is 15.5. The Morgan fingerprint density at radius 2 is 1.68 bits per heavy atom. The largest absolute Gasteiger partial charge is 0.497 e. The average Bonchev–Trinajstić information content (AvgIpc) is 2.87. The summed E-state index contributed by atoms with van der Waals surface area (Å²) in [5, 5.41) is 0. The van der Waals surface area contributed by atoms with Crippen LogP contribution in [0.2, 0.25) is 0 Å². The van der Waals surface area contributed by atoms with Crippen molar-refractivity contribution in [3.63, 3.8) is 0 Å². The molecule has 0 aromatic heterocycles. The lowest BCUT2D eigenvalue weighted by Gasteiger charge is -2.33. The van der Waals surface area contributed by atoms with Crippen LogP contribution in [0.1, 0.15) is 35.7 Å². The number of piperidine rings is 1. The Hall–Kier alpha value is -3.32. The molecule has 0 spiro atoms. The third-order valence-corrected chi connectivity index (χ3v) is 7.94. The normalized spacial score (nSPS) is 16.2. The third kappa shape index (κ3) is 5.09. The predicted octanol–water partition coefficient (Wildman–Crippen LogP) is 4.96. The van der Waals surface area contributed by atoms with E-state index in [4.69, 9.17) is 4.74 Å². The minimum absolute atomic E-state index is 0.107. The maximum atomic E-state index is 13.9. The van der Waals surface area contributed by atoms with Crippen LogP contribution >= 0.6 is 0 Å². The lowest BCUT2D eigenvalue weighted by Crippen LogP contribution is -2.40. The zero-order chi connectivity index (χ0) is 24.1. The van der Waals surface area contributed by atoms with E-state index in [1.807, 2.05) is 35.2 Å². The first-order valence-electron chi connectivity index (χ1n) is 11.5. The van der Waals surface area contributed by atoms with Gasteiger partial charge in [-0.15, -0.1) is 0 Å². The molecule has 1 heterocycles. The fourth-order valence-electron chi connectivity index (χ4n) is 4.34. The third-order valence-electron chi connectivity index (χ3n) is 6.16. The van der Waals surface area contributed by atoms with Gasteiger partial charge in [0.05, 0.1) is 29.8 Å². The molecule has 178 valence electrons. The number of methoxy groups -OCH3 is 1. The number of nitrogens with zero attached hydrogens (tertiary/aromatic N) is 2. The molecule has 1 unspecified atom stereocenters. The van der Waals surface area contributed by atoms with Crippen molar-refractivity contribution in [2.24, 2.45) is 5.92 Å². The van der Waals surface area contributed by atoms with Crippen molar-refractivity contribution >= 4 is 21.6 Å². The van der Waals surface area contributed by atoms with Crippen molar-refractivity contribution in [3.05, 3.63) is 90.0 Å². The molecule has 0 N–H and O–H groups in total. The number of benzene rings is 3. The maximum absolute atomic E-state index is 13.9. The predicted molar refractivity (Wildman–Crippen MR) is 134 cm³/mol. The van der Waals surface area contributed by atoms with Gasteiger partial charge in [0.2, 0.25) is 0 Å². The molecular weight excluding hydrogens is 448 g/mol. The van der Waals surface area contributed by atoms with Crippen LogP contribution in [0.25, 0.3) is 0 Å². The molecule has 4 rings (SSSR count). The second-order valence-electron chi connectivity index (χ2n) is 8.69. The Morgan fingerprint density at radius 3 is 2.35 bits per heavy atom. The molecule has 1 fully saturated rings. The van der Waals surface area contributed by atoms with E-state index < -0.39 is 10.0 Å². The van der Waals surface area contributed by atoms with Gasteiger partial charge in [-0.25, -0.2) is 8.42 Å². The van der Waals surface area contributed by atoms with Crippen LogP contribution in [0.3, 0.4) is 0 Å². The average molecular weight is 479 g/mol. The molecule has 7 heteroatoms. The monoisotopic (exact) mass is 478 g/mol. The summed E-state index contributed by atoms with van der Waals surface area (Å²) >= 11 is 0. The van der Waals surface area contributed by atoms with Crippen molar-refractivity contribution in [2.45, 2.75) is 31.2 Å². The Morgan fingerprint density at radius 1 is 1.00 bits per heavy atom. The summed E-state index contributed by atoms with van der Waals surface area (Å²) < 4.78 is 34.3. The molecule has 0 radical (unpaired) electrons. The van der Waals surface area contributed by atoms with Gasteiger partial charge in [0.15, 0.2) is 0 Å². The highest BCUT2D eigenvalue weighted by Crippen LogP contribution is 2.31.